The van der Waals surface area contributed by atoms with Crippen molar-refractivity contribution in [2.75, 3.05) is 5.32 Å². The summed E-state index contributed by atoms with van der Waals surface area (Å²) in [5, 5.41) is 16.0. The first-order valence-corrected chi connectivity index (χ1v) is 10.2. The number of amides is 1. The Kier molecular flexibility index (Phi) is 5.98. The second-order valence-electron chi connectivity index (χ2n) is 7.45. The summed E-state index contributed by atoms with van der Waals surface area (Å²) in [5.41, 5.74) is 1.80. The molecular formula is C21H19ClF3N7O. The van der Waals surface area contributed by atoms with Crippen LogP contribution in [0.5, 0.6) is 0 Å². The first kappa shape index (κ1) is 22.6. The van der Waals surface area contributed by atoms with Crippen LogP contribution in [0.25, 0.3) is 0 Å². The van der Waals surface area contributed by atoms with Crippen molar-refractivity contribution in [2.45, 2.75) is 33.2 Å². The second kappa shape index (κ2) is 8.74. The molecule has 8 nitrogen and oxygen atoms in total. The van der Waals surface area contributed by atoms with Crippen LogP contribution in [-0.4, -0.2) is 35.2 Å². The third kappa shape index (κ3) is 5.08. The van der Waals surface area contributed by atoms with Gasteiger partial charge in [-0.2, -0.15) is 28.5 Å². The number of halogens is 4. The summed E-state index contributed by atoms with van der Waals surface area (Å²) in [5.74, 6) is -0.446. The van der Waals surface area contributed by atoms with Gasteiger partial charge in [0.25, 0.3) is 5.91 Å². The third-order valence-corrected chi connectivity index (χ3v) is 5.48. The summed E-state index contributed by atoms with van der Waals surface area (Å²) in [6.07, 6.45) is 0.188. The number of hydrogen-bond acceptors (Lipinski definition) is 4. The molecule has 0 spiro atoms. The van der Waals surface area contributed by atoms with Gasteiger partial charge in [0.2, 0.25) is 0 Å². The summed E-state index contributed by atoms with van der Waals surface area (Å²) in [6.45, 7) is 4.07. The number of nitrogens with one attached hydrogen (secondary N) is 1. The predicted octanol–water partition coefficient (Wildman–Crippen LogP) is 4.37. The molecule has 0 saturated carbocycles. The zero-order valence-corrected chi connectivity index (χ0v) is 18.4. The standard InChI is InChI=1S/C21H19ClF3N7O/c1-13-19(22)14(2)32(28-13)12-30-7-6-18(29-30)20(33)27-17-9-26-31(11-17)10-15-4-3-5-16(8-15)21(23,24)25/h3-9,11H,10,12H2,1-2H3,(H,27,33). The van der Waals surface area contributed by atoms with Crippen LogP contribution >= 0.6 is 11.6 Å². The largest absolute Gasteiger partial charge is 0.416 e. The van der Waals surface area contributed by atoms with Gasteiger partial charge in [-0.25, -0.2) is 4.68 Å². The van der Waals surface area contributed by atoms with E-state index in [-0.39, 0.29) is 12.2 Å². The molecule has 0 aliphatic rings. The summed E-state index contributed by atoms with van der Waals surface area (Å²) in [7, 11) is 0. The zero-order valence-electron chi connectivity index (χ0n) is 17.6. The fourth-order valence-corrected chi connectivity index (χ4v) is 3.39. The van der Waals surface area contributed by atoms with E-state index in [9.17, 15) is 18.0 Å². The van der Waals surface area contributed by atoms with Crippen LogP contribution in [0.4, 0.5) is 18.9 Å². The lowest BCUT2D eigenvalue weighted by molar-refractivity contribution is -0.137. The average Bonchev–Trinajstić information content (AvgIpc) is 3.46. The Balaban J connectivity index is 1.40. The fraction of sp³-hybridized carbons (Fsp3) is 0.238. The highest BCUT2D eigenvalue weighted by atomic mass is 35.5. The smallest absolute Gasteiger partial charge is 0.318 e. The van der Waals surface area contributed by atoms with Crippen molar-refractivity contribution in [1.29, 1.82) is 0 Å². The summed E-state index contributed by atoms with van der Waals surface area (Å²) in [4.78, 5) is 12.5. The Bertz CT molecular complexity index is 1310. The molecule has 0 saturated heterocycles. The molecule has 0 atom stereocenters. The number of alkyl halides is 3. The molecule has 1 N–H and O–H groups in total. The van der Waals surface area contributed by atoms with E-state index < -0.39 is 17.6 Å². The van der Waals surface area contributed by atoms with Gasteiger partial charge in [0.15, 0.2) is 5.69 Å². The van der Waals surface area contributed by atoms with E-state index in [1.807, 2.05) is 6.92 Å². The molecule has 1 aromatic carbocycles. The van der Waals surface area contributed by atoms with E-state index in [0.29, 0.717) is 28.6 Å². The fourth-order valence-electron chi connectivity index (χ4n) is 3.25. The number of carbonyl (C=O) groups is 1. The monoisotopic (exact) mass is 477 g/mol. The van der Waals surface area contributed by atoms with Crippen molar-refractivity contribution in [1.82, 2.24) is 29.3 Å². The van der Waals surface area contributed by atoms with Crippen molar-refractivity contribution in [3.63, 3.8) is 0 Å². The molecule has 4 aromatic rings. The number of aromatic nitrogens is 6. The minimum atomic E-state index is -4.41. The summed E-state index contributed by atoms with van der Waals surface area (Å²) in [6, 6.07) is 6.58. The molecule has 4 rings (SSSR count). The van der Waals surface area contributed by atoms with Crippen molar-refractivity contribution in [3.8, 4) is 0 Å². The first-order valence-electron chi connectivity index (χ1n) is 9.83. The van der Waals surface area contributed by atoms with Crippen molar-refractivity contribution >= 4 is 23.2 Å². The third-order valence-electron chi connectivity index (χ3n) is 4.94. The zero-order chi connectivity index (χ0) is 23.8. The van der Waals surface area contributed by atoms with E-state index in [1.54, 1.807) is 34.6 Å². The highest BCUT2D eigenvalue weighted by Crippen LogP contribution is 2.29. The van der Waals surface area contributed by atoms with Gasteiger partial charge >= 0.3 is 6.18 Å². The van der Waals surface area contributed by atoms with Gasteiger partial charge < -0.3 is 5.32 Å². The van der Waals surface area contributed by atoms with E-state index in [2.05, 4.69) is 20.6 Å². The van der Waals surface area contributed by atoms with Crippen LogP contribution in [0, 0.1) is 13.8 Å². The van der Waals surface area contributed by atoms with Crippen LogP contribution < -0.4 is 5.32 Å². The van der Waals surface area contributed by atoms with Crippen LogP contribution in [0.3, 0.4) is 0 Å². The van der Waals surface area contributed by atoms with E-state index in [1.165, 1.54) is 23.1 Å². The number of carbonyl (C=O) groups excluding carboxylic acids is 1. The minimum absolute atomic E-state index is 0.125. The molecule has 0 aliphatic heterocycles. The maximum atomic E-state index is 12.9. The van der Waals surface area contributed by atoms with Crippen LogP contribution in [-0.2, 0) is 19.4 Å². The highest BCUT2D eigenvalue weighted by molar-refractivity contribution is 6.31. The van der Waals surface area contributed by atoms with E-state index >= 15 is 0 Å². The number of nitrogens with zero attached hydrogens (tertiary/aromatic N) is 6. The van der Waals surface area contributed by atoms with Crippen molar-refractivity contribution < 1.29 is 18.0 Å². The van der Waals surface area contributed by atoms with Gasteiger partial charge in [-0.15, -0.1) is 0 Å². The Labute approximate surface area is 191 Å². The van der Waals surface area contributed by atoms with Gasteiger partial charge in [-0.05, 0) is 37.6 Å². The molecule has 1 amide bonds. The lowest BCUT2D eigenvalue weighted by atomic mass is 10.1. The van der Waals surface area contributed by atoms with E-state index in [4.69, 9.17) is 11.6 Å². The molecule has 0 fully saturated rings. The van der Waals surface area contributed by atoms with Crippen LogP contribution in [0.1, 0.15) is 33.0 Å². The Morgan fingerprint density at radius 3 is 2.64 bits per heavy atom. The van der Waals surface area contributed by atoms with Crippen LogP contribution in [0.2, 0.25) is 5.02 Å². The molecule has 0 unspecified atom stereocenters. The number of anilines is 1. The van der Waals surface area contributed by atoms with Gasteiger partial charge in [-0.3, -0.25) is 14.2 Å². The molecule has 0 radical (unpaired) electrons. The lowest BCUT2D eigenvalue weighted by Gasteiger charge is -2.08. The molecule has 0 bridgehead atoms. The van der Waals surface area contributed by atoms with Crippen LogP contribution in [0.15, 0.2) is 48.9 Å². The maximum absolute atomic E-state index is 12.9. The average molecular weight is 478 g/mol. The van der Waals surface area contributed by atoms with Crippen molar-refractivity contribution in [3.05, 3.63) is 82.2 Å². The summed E-state index contributed by atoms with van der Waals surface area (Å²) < 4.78 is 43.4. The number of benzene rings is 1. The molecular weight excluding hydrogens is 459 g/mol. The normalized spacial score (nSPS) is 11.7. The van der Waals surface area contributed by atoms with Gasteiger partial charge in [-0.1, -0.05) is 23.7 Å². The Morgan fingerprint density at radius 1 is 1.15 bits per heavy atom. The molecule has 3 aromatic heterocycles. The predicted molar refractivity (Wildman–Crippen MR) is 115 cm³/mol. The minimum Gasteiger partial charge on any atom is -0.318 e. The SMILES string of the molecule is Cc1nn(Cn2ccc(C(=O)Nc3cnn(Cc4cccc(C(F)(F)F)c4)c3)n2)c(C)c1Cl. The molecule has 3 heterocycles. The number of rotatable bonds is 6. The quantitative estimate of drug-likeness (QED) is 0.447. The van der Waals surface area contributed by atoms with Gasteiger partial charge in [0.05, 0.1) is 40.4 Å². The molecule has 0 aliphatic carbocycles. The van der Waals surface area contributed by atoms with Gasteiger partial charge in [0.1, 0.15) is 6.67 Å². The maximum Gasteiger partial charge on any atom is 0.416 e. The number of hydrogen-bond donors (Lipinski definition) is 1. The highest BCUT2D eigenvalue weighted by Gasteiger charge is 2.30. The second-order valence-corrected chi connectivity index (χ2v) is 7.82. The summed E-state index contributed by atoms with van der Waals surface area (Å²) >= 11 is 6.16. The molecule has 12 heteroatoms. The van der Waals surface area contributed by atoms with E-state index in [0.717, 1.165) is 17.8 Å². The van der Waals surface area contributed by atoms with Gasteiger partial charge in [0, 0.05) is 12.4 Å². The molecule has 172 valence electrons. The van der Waals surface area contributed by atoms with Crippen molar-refractivity contribution in [2.24, 2.45) is 0 Å². The first-order chi connectivity index (χ1) is 15.6. The Hall–Kier alpha value is -3.60. The topological polar surface area (TPSA) is 82.6 Å². The lowest BCUT2D eigenvalue weighted by Crippen LogP contribution is -2.15. The Morgan fingerprint density at radius 2 is 1.94 bits per heavy atom. The molecule has 33 heavy (non-hydrogen) atoms. The number of aryl methyl sites for hydroxylation is 1.